The fourth-order valence-electron chi connectivity index (χ4n) is 2.80. The molecule has 1 saturated carbocycles. The predicted molar refractivity (Wildman–Crippen MR) is 64.3 cm³/mol. The Morgan fingerprint density at radius 3 is 2.88 bits per heavy atom. The molecule has 3 heteroatoms. The number of rotatable bonds is 2. The Morgan fingerprint density at radius 2 is 2.24 bits per heavy atom. The second-order valence-corrected chi connectivity index (χ2v) is 4.94. The van der Waals surface area contributed by atoms with Crippen LogP contribution in [0.1, 0.15) is 36.8 Å². The van der Waals surface area contributed by atoms with Crippen molar-refractivity contribution in [2.24, 2.45) is 0 Å². The van der Waals surface area contributed by atoms with E-state index < -0.39 is 5.60 Å². The first-order valence-electron chi connectivity index (χ1n) is 6.07. The summed E-state index contributed by atoms with van der Waals surface area (Å²) in [5, 5.41) is 10.7. The van der Waals surface area contributed by atoms with Gasteiger partial charge in [0.2, 0.25) is 0 Å². The lowest BCUT2D eigenvalue weighted by atomic mass is 9.77. The summed E-state index contributed by atoms with van der Waals surface area (Å²) in [6.45, 7) is 1.84. The second-order valence-electron chi connectivity index (χ2n) is 4.94. The van der Waals surface area contributed by atoms with Crippen LogP contribution in [0, 0.1) is 12.7 Å². The summed E-state index contributed by atoms with van der Waals surface area (Å²) in [5.41, 5.74) is 0.779. The van der Waals surface area contributed by atoms with E-state index in [2.05, 4.69) is 0 Å². The monoisotopic (exact) mass is 238 g/mol. The number of benzene rings is 1. The maximum Gasteiger partial charge on any atom is 0.123 e. The fraction of sp³-hybridized carbons (Fsp3) is 0.571. The Kier molecular flexibility index (Phi) is 3.50. The SMILES string of the molecule is COC1CCCC(O)(c2ccc(F)cc2C)C1. The summed E-state index contributed by atoms with van der Waals surface area (Å²) in [4.78, 5) is 0. The first-order valence-corrected chi connectivity index (χ1v) is 6.07. The number of hydrogen-bond acceptors (Lipinski definition) is 2. The van der Waals surface area contributed by atoms with Crippen LogP contribution < -0.4 is 0 Å². The Hall–Kier alpha value is -0.930. The molecule has 94 valence electrons. The minimum atomic E-state index is -0.864. The highest BCUT2D eigenvalue weighted by Crippen LogP contribution is 2.39. The van der Waals surface area contributed by atoms with Crippen molar-refractivity contribution in [2.45, 2.75) is 44.3 Å². The van der Waals surface area contributed by atoms with Gasteiger partial charge in [-0.1, -0.05) is 6.07 Å². The molecule has 0 spiro atoms. The van der Waals surface area contributed by atoms with Gasteiger partial charge in [0.05, 0.1) is 11.7 Å². The normalized spacial score (nSPS) is 29.3. The number of ether oxygens (including phenoxy) is 1. The van der Waals surface area contributed by atoms with Gasteiger partial charge in [-0.05, 0) is 49.4 Å². The molecule has 1 N–H and O–H groups in total. The Balaban J connectivity index is 2.30. The zero-order valence-corrected chi connectivity index (χ0v) is 10.4. The van der Waals surface area contributed by atoms with Crippen molar-refractivity contribution in [1.29, 1.82) is 0 Å². The first kappa shape index (κ1) is 12.5. The molecule has 2 nitrogen and oxygen atoms in total. The summed E-state index contributed by atoms with van der Waals surface area (Å²) < 4.78 is 18.4. The van der Waals surface area contributed by atoms with Crippen LogP contribution in [0.15, 0.2) is 18.2 Å². The molecule has 0 heterocycles. The number of halogens is 1. The van der Waals surface area contributed by atoms with Gasteiger partial charge in [-0.3, -0.25) is 0 Å². The van der Waals surface area contributed by atoms with Gasteiger partial charge >= 0.3 is 0 Å². The molecule has 2 atom stereocenters. The minimum Gasteiger partial charge on any atom is -0.385 e. The maximum absolute atomic E-state index is 13.1. The molecule has 1 aromatic carbocycles. The van der Waals surface area contributed by atoms with Gasteiger partial charge in [-0.2, -0.15) is 0 Å². The van der Waals surface area contributed by atoms with E-state index in [0.717, 1.165) is 30.4 Å². The lowest BCUT2D eigenvalue weighted by Crippen LogP contribution is -2.36. The molecule has 0 radical (unpaired) electrons. The van der Waals surface area contributed by atoms with Crippen LogP contribution in [0.3, 0.4) is 0 Å². The Bertz CT molecular complexity index is 405. The van der Waals surface area contributed by atoms with Crippen molar-refractivity contribution in [2.75, 3.05) is 7.11 Å². The molecule has 1 aliphatic rings. The molecule has 2 unspecified atom stereocenters. The molecule has 17 heavy (non-hydrogen) atoms. The lowest BCUT2D eigenvalue weighted by Gasteiger charge is -2.37. The van der Waals surface area contributed by atoms with E-state index >= 15 is 0 Å². The summed E-state index contributed by atoms with van der Waals surface area (Å²) in [6, 6.07) is 4.59. The summed E-state index contributed by atoms with van der Waals surface area (Å²) in [6.07, 6.45) is 3.33. The molecule has 0 saturated heterocycles. The van der Waals surface area contributed by atoms with Gasteiger partial charge in [0.15, 0.2) is 0 Å². The van der Waals surface area contributed by atoms with E-state index in [-0.39, 0.29) is 11.9 Å². The minimum absolute atomic E-state index is 0.0956. The van der Waals surface area contributed by atoms with Gasteiger partial charge in [0.1, 0.15) is 5.82 Å². The molecule has 1 aliphatic carbocycles. The summed E-state index contributed by atoms with van der Waals surface area (Å²) in [5.74, 6) is -0.256. The highest BCUT2D eigenvalue weighted by Gasteiger charge is 2.36. The van der Waals surface area contributed by atoms with Crippen molar-refractivity contribution in [3.63, 3.8) is 0 Å². The quantitative estimate of drug-likeness (QED) is 0.858. The second kappa shape index (κ2) is 4.75. The first-order chi connectivity index (χ1) is 8.05. The van der Waals surface area contributed by atoms with Gasteiger partial charge in [0, 0.05) is 13.5 Å². The zero-order chi connectivity index (χ0) is 12.5. The highest BCUT2D eigenvalue weighted by atomic mass is 19.1. The predicted octanol–water partition coefficient (Wildman–Crippen LogP) is 2.91. The van der Waals surface area contributed by atoms with Gasteiger partial charge < -0.3 is 9.84 Å². The molecule has 1 fully saturated rings. The van der Waals surface area contributed by atoms with Crippen LogP contribution in [-0.4, -0.2) is 18.3 Å². The van der Waals surface area contributed by atoms with Crippen LogP contribution in [0.25, 0.3) is 0 Å². The standard InChI is InChI=1S/C14H19FO2/c1-10-8-11(15)5-6-13(10)14(16)7-3-4-12(9-14)17-2/h5-6,8,12,16H,3-4,7,9H2,1-2H3. The van der Waals surface area contributed by atoms with Crippen LogP contribution in [-0.2, 0) is 10.3 Å². The fourth-order valence-corrected chi connectivity index (χ4v) is 2.80. The van der Waals surface area contributed by atoms with E-state index in [1.165, 1.54) is 12.1 Å². The highest BCUT2D eigenvalue weighted by molar-refractivity contribution is 5.32. The number of aryl methyl sites for hydroxylation is 1. The Labute approximate surface area is 101 Å². The zero-order valence-electron chi connectivity index (χ0n) is 10.4. The molecule has 0 aliphatic heterocycles. The van der Waals surface area contributed by atoms with Gasteiger partial charge in [-0.15, -0.1) is 0 Å². The van der Waals surface area contributed by atoms with E-state index in [4.69, 9.17) is 4.74 Å². The average molecular weight is 238 g/mol. The largest absolute Gasteiger partial charge is 0.385 e. The lowest BCUT2D eigenvalue weighted by molar-refractivity contribution is -0.0635. The van der Waals surface area contributed by atoms with Crippen LogP contribution in [0.2, 0.25) is 0 Å². The van der Waals surface area contributed by atoms with Crippen molar-refractivity contribution < 1.29 is 14.2 Å². The van der Waals surface area contributed by atoms with E-state index in [0.29, 0.717) is 6.42 Å². The van der Waals surface area contributed by atoms with Crippen LogP contribution in [0.4, 0.5) is 4.39 Å². The van der Waals surface area contributed by atoms with Crippen LogP contribution in [0.5, 0.6) is 0 Å². The summed E-state index contributed by atoms with van der Waals surface area (Å²) in [7, 11) is 1.67. The number of methoxy groups -OCH3 is 1. The van der Waals surface area contributed by atoms with E-state index in [1.54, 1.807) is 13.2 Å². The smallest absolute Gasteiger partial charge is 0.123 e. The number of aliphatic hydroxyl groups is 1. The third kappa shape index (κ3) is 2.50. The Morgan fingerprint density at radius 1 is 1.47 bits per heavy atom. The third-order valence-corrected chi connectivity index (χ3v) is 3.70. The third-order valence-electron chi connectivity index (χ3n) is 3.70. The van der Waals surface area contributed by atoms with Crippen molar-refractivity contribution in [3.05, 3.63) is 35.1 Å². The van der Waals surface area contributed by atoms with Gasteiger partial charge in [-0.25, -0.2) is 4.39 Å². The van der Waals surface area contributed by atoms with E-state index in [1.807, 2.05) is 6.92 Å². The van der Waals surface area contributed by atoms with Crippen LogP contribution >= 0.6 is 0 Å². The molecule has 1 aromatic rings. The molecule has 0 bridgehead atoms. The van der Waals surface area contributed by atoms with Gasteiger partial charge in [0.25, 0.3) is 0 Å². The molecule has 2 rings (SSSR count). The topological polar surface area (TPSA) is 29.5 Å². The number of hydrogen-bond donors (Lipinski definition) is 1. The molecular weight excluding hydrogens is 219 g/mol. The molecular formula is C14H19FO2. The molecule has 0 aromatic heterocycles. The van der Waals surface area contributed by atoms with Crippen molar-refractivity contribution in [3.8, 4) is 0 Å². The maximum atomic E-state index is 13.1. The summed E-state index contributed by atoms with van der Waals surface area (Å²) >= 11 is 0. The van der Waals surface area contributed by atoms with E-state index in [9.17, 15) is 9.50 Å². The molecule has 0 amide bonds. The van der Waals surface area contributed by atoms with Crippen molar-refractivity contribution >= 4 is 0 Å². The average Bonchev–Trinajstić information content (AvgIpc) is 2.28. The van der Waals surface area contributed by atoms with Crippen molar-refractivity contribution in [1.82, 2.24) is 0 Å².